The second-order valence-electron chi connectivity index (χ2n) is 2.30. The van der Waals surface area contributed by atoms with Gasteiger partial charge in [-0.3, -0.25) is 0 Å². The summed E-state index contributed by atoms with van der Waals surface area (Å²) in [5.41, 5.74) is -0.338. The third-order valence-corrected chi connectivity index (χ3v) is 1.46. The fourth-order valence-corrected chi connectivity index (χ4v) is 0.946. The van der Waals surface area contributed by atoms with Gasteiger partial charge < -0.3 is 4.74 Å². The van der Waals surface area contributed by atoms with E-state index in [2.05, 4.69) is 9.72 Å². The van der Waals surface area contributed by atoms with Crippen molar-refractivity contribution in [1.29, 1.82) is 0 Å². The van der Waals surface area contributed by atoms with Crippen molar-refractivity contribution in [3.8, 4) is 5.88 Å². The van der Waals surface area contributed by atoms with E-state index in [0.717, 1.165) is 12.3 Å². The van der Waals surface area contributed by atoms with E-state index in [0.29, 0.717) is 0 Å². The van der Waals surface area contributed by atoms with Crippen molar-refractivity contribution in [2.45, 2.75) is 13.0 Å². The SMILES string of the molecule is FCc1cc(Cl)cnc1OC(F)(F)F. The number of alkyl halides is 4. The summed E-state index contributed by atoms with van der Waals surface area (Å²) in [4.78, 5) is 3.22. The predicted molar refractivity (Wildman–Crippen MR) is 40.7 cm³/mol. The first-order valence-corrected chi connectivity index (χ1v) is 3.76. The number of hydrogen-bond donors (Lipinski definition) is 0. The Morgan fingerprint density at radius 3 is 2.57 bits per heavy atom. The molecule has 0 N–H and O–H groups in total. The van der Waals surface area contributed by atoms with Crippen LogP contribution >= 0.6 is 11.6 Å². The third kappa shape index (κ3) is 3.02. The molecule has 1 aromatic rings. The van der Waals surface area contributed by atoms with E-state index in [1.54, 1.807) is 0 Å². The molecule has 0 unspecified atom stereocenters. The minimum Gasteiger partial charge on any atom is -0.387 e. The van der Waals surface area contributed by atoms with Crippen molar-refractivity contribution in [3.63, 3.8) is 0 Å². The highest BCUT2D eigenvalue weighted by Crippen LogP contribution is 2.26. The molecule has 0 saturated carbocycles. The Morgan fingerprint density at radius 2 is 2.07 bits per heavy atom. The zero-order valence-corrected chi connectivity index (χ0v) is 7.36. The highest BCUT2D eigenvalue weighted by molar-refractivity contribution is 6.30. The minimum absolute atomic E-state index is 0.0483. The molecule has 2 nitrogen and oxygen atoms in total. The lowest BCUT2D eigenvalue weighted by Gasteiger charge is -2.10. The van der Waals surface area contributed by atoms with Gasteiger partial charge in [-0.25, -0.2) is 9.37 Å². The van der Waals surface area contributed by atoms with Crippen molar-refractivity contribution < 1.29 is 22.3 Å². The first-order chi connectivity index (χ1) is 6.42. The lowest BCUT2D eigenvalue weighted by atomic mass is 10.3. The van der Waals surface area contributed by atoms with Gasteiger partial charge in [-0.15, -0.1) is 13.2 Å². The topological polar surface area (TPSA) is 22.1 Å². The lowest BCUT2D eigenvalue weighted by molar-refractivity contribution is -0.276. The Kier molecular flexibility index (Phi) is 3.15. The quantitative estimate of drug-likeness (QED) is 0.727. The average Bonchev–Trinajstić information content (AvgIpc) is 2.06. The second-order valence-corrected chi connectivity index (χ2v) is 2.74. The zero-order chi connectivity index (χ0) is 10.8. The molecule has 0 aliphatic rings. The number of pyridine rings is 1. The van der Waals surface area contributed by atoms with Crippen molar-refractivity contribution >= 4 is 11.6 Å². The van der Waals surface area contributed by atoms with Gasteiger partial charge in [0.15, 0.2) is 0 Å². The first kappa shape index (κ1) is 11.0. The number of halogens is 5. The molecule has 1 aromatic heterocycles. The largest absolute Gasteiger partial charge is 0.574 e. The van der Waals surface area contributed by atoms with E-state index >= 15 is 0 Å². The van der Waals surface area contributed by atoms with Crippen molar-refractivity contribution in [1.82, 2.24) is 4.98 Å². The standard InChI is InChI=1S/C7H4ClF4NO/c8-5-1-4(2-9)6(13-3-5)14-7(10,11)12/h1,3H,2H2. The van der Waals surface area contributed by atoms with E-state index < -0.39 is 18.9 Å². The molecular formula is C7H4ClF4NO. The summed E-state index contributed by atoms with van der Waals surface area (Å²) < 4.78 is 50.9. The molecule has 1 heterocycles. The molecule has 0 aromatic carbocycles. The highest BCUT2D eigenvalue weighted by atomic mass is 35.5. The zero-order valence-electron chi connectivity index (χ0n) is 6.61. The maximum atomic E-state index is 12.2. The Morgan fingerprint density at radius 1 is 1.43 bits per heavy atom. The molecule has 0 aliphatic carbocycles. The van der Waals surface area contributed by atoms with Gasteiger partial charge in [0.2, 0.25) is 5.88 Å². The summed E-state index contributed by atoms with van der Waals surface area (Å²) in [7, 11) is 0. The van der Waals surface area contributed by atoms with Gasteiger partial charge in [0.25, 0.3) is 0 Å². The van der Waals surface area contributed by atoms with Crippen LogP contribution in [0.5, 0.6) is 5.88 Å². The van der Waals surface area contributed by atoms with Gasteiger partial charge >= 0.3 is 6.36 Å². The summed E-state index contributed by atoms with van der Waals surface area (Å²) in [6.07, 6.45) is -3.94. The summed E-state index contributed by atoms with van der Waals surface area (Å²) in [6.45, 7) is -1.13. The van der Waals surface area contributed by atoms with E-state index in [-0.39, 0.29) is 10.6 Å². The number of nitrogens with zero attached hydrogens (tertiary/aromatic N) is 1. The maximum absolute atomic E-state index is 12.2. The minimum atomic E-state index is -4.88. The Hall–Kier alpha value is -1.04. The summed E-state index contributed by atoms with van der Waals surface area (Å²) >= 11 is 5.40. The smallest absolute Gasteiger partial charge is 0.387 e. The van der Waals surface area contributed by atoms with Gasteiger partial charge in [-0.1, -0.05) is 11.6 Å². The molecule has 0 radical (unpaired) electrons. The molecule has 1 rings (SSSR count). The van der Waals surface area contributed by atoms with Gasteiger partial charge in [0, 0.05) is 11.8 Å². The van der Waals surface area contributed by atoms with Crippen LogP contribution in [-0.4, -0.2) is 11.3 Å². The lowest BCUT2D eigenvalue weighted by Crippen LogP contribution is -2.18. The van der Waals surface area contributed by atoms with Crippen LogP contribution in [0.4, 0.5) is 17.6 Å². The summed E-state index contributed by atoms with van der Waals surface area (Å²) in [5.74, 6) is -0.815. The van der Waals surface area contributed by atoms with Crippen molar-refractivity contribution in [3.05, 3.63) is 22.8 Å². The maximum Gasteiger partial charge on any atom is 0.574 e. The molecule has 0 bridgehead atoms. The average molecular weight is 230 g/mol. The molecule has 0 fully saturated rings. The molecule has 78 valence electrons. The summed E-state index contributed by atoms with van der Waals surface area (Å²) in [5, 5.41) is 0.0483. The van der Waals surface area contributed by atoms with Gasteiger partial charge in [-0.2, -0.15) is 0 Å². The molecule has 0 saturated heterocycles. The third-order valence-electron chi connectivity index (χ3n) is 1.25. The van der Waals surface area contributed by atoms with E-state index in [1.165, 1.54) is 0 Å². The van der Waals surface area contributed by atoms with Crippen LogP contribution in [0.3, 0.4) is 0 Å². The second kappa shape index (κ2) is 4.00. The van der Waals surface area contributed by atoms with E-state index in [1.807, 2.05) is 0 Å². The van der Waals surface area contributed by atoms with Gasteiger partial charge in [0.1, 0.15) is 6.67 Å². The fourth-order valence-electron chi connectivity index (χ4n) is 0.766. The van der Waals surface area contributed by atoms with E-state index in [4.69, 9.17) is 11.6 Å². The van der Waals surface area contributed by atoms with Crippen molar-refractivity contribution in [2.75, 3.05) is 0 Å². The molecule has 0 amide bonds. The highest BCUT2D eigenvalue weighted by Gasteiger charge is 2.32. The van der Waals surface area contributed by atoms with Gasteiger partial charge in [0.05, 0.1) is 5.02 Å². The van der Waals surface area contributed by atoms with Crippen LogP contribution in [0, 0.1) is 0 Å². The van der Waals surface area contributed by atoms with Crippen LogP contribution in [0.25, 0.3) is 0 Å². The van der Waals surface area contributed by atoms with Crippen LogP contribution < -0.4 is 4.74 Å². The number of ether oxygens (including phenoxy) is 1. The van der Waals surface area contributed by atoms with Crippen LogP contribution in [0.15, 0.2) is 12.3 Å². The number of rotatable bonds is 2. The Balaban J connectivity index is 2.97. The summed E-state index contributed by atoms with van der Waals surface area (Å²) in [6, 6.07) is 1.02. The number of hydrogen-bond acceptors (Lipinski definition) is 2. The van der Waals surface area contributed by atoms with Crippen LogP contribution in [0.1, 0.15) is 5.56 Å². The van der Waals surface area contributed by atoms with Crippen LogP contribution in [-0.2, 0) is 6.67 Å². The molecule has 0 aliphatic heterocycles. The molecule has 14 heavy (non-hydrogen) atoms. The molecular weight excluding hydrogens is 226 g/mol. The number of aromatic nitrogens is 1. The van der Waals surface area contributed by atoms with Gasteiger partial charge in [-0.05, 0) is 6.07 Å². The molecule has 7 heteroatoms. The fraction of sp³-hybridized carbons (Fsp3) is 0.286. The normalized spacial score (nSPS) is 11.5. The first-order valence-electron chi connectivity index (χ1n) is 3.38. The Bertz CT molecular complexity index is 328. The van der Waals surface area contributed by atoms with Crippen LogP contribution in [0.2, 0.25) is 5.02 Å². The molecule has 0 spiro atoms. The van der Waals surface area contributed by atoms with Crippen molar-refractivity contribution in [2.24, 2.45) is 0 Å². The predicted octanol–water partition coefficient (Wildman–Crippen LogP) is 3.10. The Labute approximate surface area is 81.5 Å². The van der Waals surface area contributed by atoms with E-state index in [9.17, 15) is 17.6 Å². The monoisotopic (exact) mass is 229 g/mol. The molecule has 0 atom stereocenters.